The van der Waals surface area contributed by atoms with Gasteiger partial charge in [0.2, 0.25) is 11.8 Å². The number of amides is 2. The minimum absolute atomic E-state index is 0.162. The molecule has 9 heteroatoms. The van der Waals surface area contributed by atoms with Crippen molar-refractivity contribution in [3.05, 3.63) is 41.0 Å². The zero-order chi connectivity index (χ0) is 24.3. The number of aromatic nitrogens is 1. The van der Waals surface area contributed by atoms with E-state index in [-0.39, 0.29) is 36.2 Å². The lowest BCUT2D eigenvalue weighted by atomic mass is 9.86. The second-order valence-corrected chi connectivity index (χ2v) is 11.1. The van der Waals surface area contributed by atoms with Crippen LogP contribution in [0.15, 0.2) is 29.8 Å². The number of hydrogen-bond donors (Lipinski definition) is 3. The third-order valence-electron chi connectivity index (χ3n) is 5.99. The van der Waals surface area contributed by atoms with E-state index in [2.05, 4.69) is 15.0 Å². The summed E-state index contributed by atoms with van der Waals surface area (Å²) in [6.07, 6.45) is 1.40. The molecule has 4 atom stereocenters. The molecule has 2 aromatic rings. The molecule has 2 amide bonds. The highest BCUT2D eigenvalue weighted by atomic mass is 32.2. The summed E-state index contributed by atoms with van der Waals surface area (Å²) >= 11 is 2.99. The van der Waals surface area contributed by atoms with Gasteiger partial charge in [-0.3, -0.25) is 14.3 Å². The van der Waals surface area contributed by atoms with E-state index in [4.69, 9.17) is 0 Å². The van der Waals surface area contributed by atoms with Gasteiger partial charge in [-0.2, -0.15) is 0 Å². The Hall–Kier alpha value is -1.94. The average molecular weight is 491 g/mol. The lowest BCUT2D eigenvalue weighted by Gasteiger charge is -2.35. The van der Waals surface area contributed by atoms with Gasteiger partial charge in [-0.15, -0.1) is 11.3 Å². The monoisotopic (exact) mass is 490 g/mol. The van der Waals surface area contributed by atoms with Gasteiger partial charge in [-0.1, -0.05) is 57.0 Å². The van der Waals surface area contributed by atoms with Crippen molar-refractivity contribution in [1.29, 1.82) is 0 Å². The number of β-amino-alcohol motifs (C(OH)–C–C–N with tert-alkyl or cyclic N) is 1. The molecule has 7 nitrogen and oxygen atoms in total. The fourth-order valence-electron chi connectivity index (χ4n) is 4.08. The van der Waals surface area contributed by atoms with Crippen LogP contribution in [-0.4, -0.2) is 57.8 Å². The number of likely N-dealkylation sites (tertiary alicyclic amines) is 1. The first-order valence-corrected chi connectivity index (χ1v) is 13.2. The summed E-state index contributed by atoms with van der Waals surface area (Å²) < 4.78 is 3.17. The van der Waals surface area contributed by atoms with Crippen molar-refractivity contribution in [2.45, 2.75) is 65.3 Å². The molecule has 2 heterocycles. The van der Waals surface area contributed by atoms with Crippen molar-refractivity contribution in [1.82, 2.24) is 19.9 Å². The maximum Gasteiger partial charge on any atom is 0.243 e. The van der Waals surface area contributed by atoms with Crippen molar-refractivity contribution < 1.29 is 14.7 Å². The van der Waals surface area contributed by atoms with E-state index < -0.39 is 18.2 Å². The topological polar surface area (TPSA) is 94.6 Å². The predicted molar refractivity (Wildman–Crippen MR) is 135 cm³/mol. The van der Waals surface area contributed by atoms with Gasteiger partial charge in [0.25, 0.3) is 0 Å². The number of nitrogens with one attached hydrogen (secondary N) is 2. The number of hydrogen-bond acceptors (Lipinski definition) is 7. The predicted octanol–water partition coefficient (Wildman–Crippen LogP) is 3.54. The number of benzene rings is 1. The van der Waals surface area contributed by atoms with Gasteiger partial charge < -0.3 is 15.3 Å². The normalized spacial score (nSPS) is 20.5. The maximum absolute atomic E-state index is 13.3. The molecular weight excluding hydrogens is 456 g/mol. The van der Waals surface area contributed by atoms with Gasteiger partial charge >= 0.3 is 0 Å². The van der Waals surface area contributed by atoms with Crippen LogP contribution in [0, 0.1) is 12.3 Å². The van der Waals surface area contributed by atoms with Gasteiger partial charge in [0.15, 0.2) is 0 Å². The quantitative estimate of drug-likeness (QED) is 0.514. The smallest absolute Gasteiger partial charge is 0.243 e. The molecule has 1 saturated heterocycles. The van der Waals surface area contributed by atoms with Gasteiger partial charge in [0.1, 0.15) is 12.1 Å². The summed E-state index contributed by atoms with van der Waals surface area (Å²) in [6, 6.07) is 6.70. The van der Waals surface area contributed by atoms with E-state index in [1.165, 1.54) is 16.8 Å². The summed E-state index contributed by atoms with van der Waals surface area (Å²) in [6.45, 7) is 10.0. The highest BCUT2D eigenvalue weighted by Gasteiger charge is 2.44. The second kappa shape index (κ2) is 10.5. The number of aliphatic hydroxyl groups is 1. The molecular formula is C24H34N4O3S2. The van der Waals surface area contributed by atoms with Crippen molar-refractivity contribution in [3.63, 3.8) is 0 Å². The van der Waals surface area contributed by atoms with Gasteiger partial charge in [-0.25, -0.2) is 4.98 Å². The molecule has 1 fully saturated rings. The number of aliphatic hydroxyl groups excluding tert-OH is 1. The summed E-state index contributed by atoms with van der Waals surface area (Å²) in [7, 11) is 0. The van der Waals surface area contributed by atoms with E-state index in [0.717, 1.165) is 21.7 Å². The number of aryl methyl sites for hydroxylation is 1. The molecule has 0 aliphatic carbocycles. The van der Waals surface area contributed by atoms with E-state index in [1.807, 2.05) is 70.7 Å². The zero-order valence-electron chi connectivity index (χ0n) is 20.1. The zero-order valence-corrected chi connectivity index (χ0v) is 21.7. The molecule has 3 rings (SSSR count). The molecule has 0 unspecified atom stereocenters. The maximum atomic E-state index is 13.3. The highest BCUT2D eigenvalue weighted by molar-refractivity contribution is 7.96. The van der Waals surface area contributed by atoms with Gasteiger partial charge in [0, 0.05) is 13.0 Å². The molecule has 1 aromatic heterocycles. The second-order valence-electron chi connectivity index (χ2n) is 9.64. The van der Waals surface area contributed by atoms with Crippen molar-refractivity contribution in [3.8, 4) is 10.4 Å². The first-order chi connectivity index (χ1) is 15.5. The molecule has 180 valence electrons. The molecule has 0 bridgehead atoms. The van der Waals surface area contributed by atoms with Crippen molar-refractivity contribution in [2.75, 3.05) is 12.8 Å². The van der Waals surface area contributed by atoms with Crippen LogP contribution < -0.4 is 10.0 Å². The molecule has 0 radical (unpaired) electrons. The van der Waals surface area contributed by atoms with E-state index >= 15 is 0 Å². The minimum Gasteiger partial charge on any atom is -0.391 e. The summed E-state index contributed by atoms with van der Waals surface area (Å²) in [5.41, 5.74) is 4.58. The van der Waals surface area contributed by atoms with Gasteiger partial charge in [-0.05, 0) is 36.6 Å². The third-order valence-corrected chi connectivity index (χ3v) is 7.44. The fourth-order valence-corrected chi connectivity index (χ4v) is 5.58. The Kier molecular flexibility index (Phi) is 8.21. The highest BCUT2D eigenvalue weighted by Crippen LogP contribution is 2.29. The third kappa shape index (κ3) is 5.95. The van der Waals surface area contributed by atoms with Crippen LogP contribution in [0.4, 0.5) is 0 Å². The van der Waals surface area contributed by atoms with Crippen LogP contribution in [0.5, 0.6) is 0 Å². The van der Waals surface area contributed by atoms with Crippen LogP contribution in [0.2, 0.25) is 0 Å². The Bertz CT molecular complexity index is 971. The first-order valence-electron chi connectivity index (χ1n) is 11.1. The Morgan fingerprint density at radius 1 is 1.27 bits per heavy atom. The van der Waals surface area contributed by atoms with Crippen LogP contribution in [0.1, 0.15) is 51.4 Å². The molecule has 3 N–H and O–H groups in total. The number of carbonyl (C=O) groups is 2. The van der Waals surface area contributed by atoms with E-state index in [1.54, 1.807) is 11.3 Å². The van der Waals surface area contributed by atoms with Crippen LogP contribution >= 0.6 is 23.3 Å². The average Bonchev–Trinajstić information content (AvgIpc) is 3.36. The van der Waals surface area contributed by atoms with E-state index in [9.17, 15) is 14.7 Å². The fraction of sp³-hybridized carbons (Fsp3) is 0.542. The largest absolute Gasteiger partial charge is 0.391 e. The Morgan fingerprint density at radius 2 is 1.94 bits per heavy atom. The summed E-state index contributed by atoms with van der Waals surface area (Å²) in [5.74, 6) is -0.405. The summed E-state index contributed by atoms with van der Waals surface area (Å²) in [4.78, 5) is 33.5. The van der Waals surface area contributed by atoms with Crippen LogP contribution in [0.3, 0.4) is 0 Å². The number of thiazole rings is 1. The lowest BCUT2D eigenvalue weighted by molar-refractivity contribution is -0.141. The summed E-state index contributed by atoms with van der Waals surface area (Å²) in [5, 5.41) is 13.3. The SMILES string of the molecule is CSN[C@H](C(=O)N1C[C@H](O)C[C@H]1C(=O)N[C@@H](C)c1ccc(-c2scnc2C)cc1)C(C)(C)C. The minimum atomic E-state index is -0.711. The Labute approximate surface area is 204 Å². The number of rotatable bonds is 7. The van der Waals surface area contributed by atoms with Crippen molar-refractivity contribution in [2.24, 2.45) is 5.41 Å². The molecule has 0 spiro atoms. The van der Waals surface area contributed by atoms with Crippen molar-refractivity contribution >= 4 is 35.1 Å². The van der Waals surface area contributed by atoms with Crippen LogP contribution in [0.25, 0.3) is 10.4 Å². The van der Waals surface area contributed by atoms with E-state index in [0.29, 0.717) is 0 Å². The molecule has 33 heavy (non-hydrogen) atoms. The van der Waals surface area contributed by atoms with Crippen LogP contribution in [-0.2, 0) is 9.59 Å². The Morgan fingerprint density at radius 3 is 2.48 bits per heavy atom. The molecule has 1 aliphatic heterocycles. The molecule has 1 aliphatic rings. The number of nitrogens with zero attached hydrogens (tertiary/aromatic N) is 2. The molecule has 1 aromatic carbocycles. The number of carbonyl (C=O) groups excluding carboxylic acids is 2. The van der Waals surface area contributed by atoms with Gasteiger partial charge in [0.05, 0.1) is 28.2 Å². The lowest BCUT2D eigenvalue weighted by Crippen LogP contribution is -2.55. The first kappa shape index (κ1) is 25.7. The standard InChI is InChI=1S/C24H34N4O3S2/c1-14(16-7-9-17(10-8-16)20-15(2)25-13-33-20)26-22(30)19-11-18(29)12-28(19)23(31)21(27-32-6)24(3,4)5/h7-10,13-14,18-19,21,27,29H,11-12H2,1-6H3,(H,26,30)/t14-,18+,19-,21+/m0/s1. The molecule has 0 saturated carbocycles. The Balaban J connectivity index is 1.71.